The molecule has 0 saturated heterocycles. The molecule has 0 radical (unpaired) electrons. The van der Waals surface area contributed by atoms with Gasteiger partial charge in [-0.2, -0.15) is 39.9 Å². The summed E-state index contributed by atoms with van der Waals surface area (Å²) in [5, 5.41) is 3.69. The number of hydrogen-bond acceptors (Lipinski definition) is 5. The SMILES string of the molecule is O=C(Cc1ccc(C(F)(F)F)cc1)NN=Cc1ccccc1OS(=O)(=O)c1ccc(C(F)(F)F)cc1. The van der Waals surface area contributed by atoms with Crippen LogP contribution in [0.1, 0.15) is 22.3 Å². The molecule has 0 heterocycles. The fourth-order valence-electron chi connectivity index (χ4n) is 2.85. The molecule has 1 N–H and O–H groups in total. The highest BCUT2D eigenvalue weighted by Gasteiger charge is 2.31. The molecular weight excluding hydrogens is 514 g/mol. The van der Waals surface area contributed by atoms with Gasteiger partial charge in [-0.25, -0.2) is 5.43 Å². The Kier molecular flexibility index (Phi) is 7.72. The molecule has 6 nitrogen and oxygen atoms in total. The third-order valence-electron chi connectivity index (χ3n) is 4.63. The summed E-state index contributed by atoms with van der Waals surface area (Å²) in [5.41, 5.74) is 0.704. The topological polar surface area (TPSA) is 84.8 Å². The molecule has 190 valence electrons. The number of hydrazone groups is 1. The van der Waals surface area contributed by atoms with Crippen LogP contribution in [-0.2, 0) is 33.7 Å². The number of carbonyl (C=O) groups is 1. The summed E-state index contributed by atoms with van der Waals surface area (Å²) in [4.78, 5) is 11.5. The normalized spacial score (nSPS) is 12.5. The lowest BCUT2D eigenvalue weighted by Crippen LogP contribution is -2.20. The molecule has 3 aromatic carbocycles. The van der Waals surface area contributed by atoms with Gasteiger partial charge in [-0.15, -0.1) is 0 Å². The Hall–Kier alpha value is -3.87. The van der Waals surface area contributed by atoms with Gasteiger partial charge in [0.05, 0.1) is 23.8 Å². The predicted molar refractivity (Wildman–Crippen MR) is 117 cm³/mol. The summed E-state index contributed by atoms with van der Waals surface area (Å²) in [6, 6.07) is 12.4. The quantitative estimate of drug-likeness (QED) is 0.197. The van der Waals surface area contributed by atoms with Crippen molar-refractivity contribution >= 4 is 22.2 Å². The number of halogens is 6. The second-order valence-electron chi connectivity index (χ2n) is 7.26. The van der Waals surface area contributed by atoms with Crippen molar-refractivity contribution in [3.8, 4) is 5.75 Å². The van der Waals surface area contributed by atoms with Crippen LogP contribution in [0.3, 0.4) is 0 Å². The van der Waals surface area contributed by atoms with Gasteiger partial charge in [-0.1, -0.05) is 24.3 Å². The largest absolute Gasteiger partial charge is 0.416 e. The summed E-state index contributed by atoms with van der Waals surface area (Å²) < 4.78 is 106. The van der Waals surface area contributed by atoms with E-state index in [1.54, 1.807) is 0 Å². The molecule has 0 aliphatic heterocycles. The highest BCUT2D eigenvalue weighted by molar-refractivity contribution is 7.87. The molecule has 0 fully saturated rings. The number of nitrogens with one attached hydrogen (secondary N) is 1. The standard InChI is InChI=1S/C23H16F6N2O4S/c24-22(25,26)17-7-5-15(6-8-17)13-21(32)31-30-14-16-3-1-2-4-20(16)35-36(33,34)19-11-9-18(10-12-19)23(27,28)29/h1-12,14H,13H2,(H,31,32). The molecule has 1 amide bonds. The van der Waals surface area contributed by atoms with Crippen LogP contribution in [0, 0.1) is 0 Å². The van der Waals surface area contributed by atoms with E-state index in [0.717, 1.165) is 42.6 Å². The number of benzene rings is 3. The first-order valence-corrected chi connectivity index (χ1v) is 11.4. The summed E-state index contributed by atoms with van der Waals surface area (Å²) in [7, 11) is -4.49. The monoisotopic (exact) mass is 530 g/mol. The van der Waals surface area contributed by atoms with Gasteiger partial charge in [-0.3, -0.25) is 4.79 Å². The summed E-state index contributed by atoms with van der Waals surface area (Å²) in [5.74, 6) is -0.861. The van der Waals surface area contributed by atoms with Crippen molar-refractivity contribution in [1.82, 2.24) is 5.43 Å². The average molecular weight is 530 g/mol. The number of rotatable bonds is 7. The van der Waals surface area contributed by atoms with Crippen molar-refractivity contribution in [3.63, 3.8) is 0 Å². The Bertz CT molecular complexity index is 1350. The van der Waals surface area contributed by atoms with Gasteiger partial charge in [0.25, 0.3) is 0 Å². The van der Waals surface area contributed by atoms with Crippen LogP contribution in [0.25, 0.3) is 0 Å². The van der Waals surface area contributed by atoms with Crippen molar-refractivity contribution in [2.45, 2.75) is 23.7 Å². The van der Waals surface area contributed by atoms with E-state index < -0.39 is 44.4 Å². The van der Waals surface area contributed by atoms with Crippen molar-refractivity contribution in [2.75, 3.05) is 0 Å². The molecule has 0 aromatic heterocycles. The molecule has 0 aliphatic carbocycles. The van der Waals surface area contributed by atoms with E-state index >= 15 is 0 Å². The van der Waals surface area contributed by atoms with E-state index in [4.69, 9.17) is 4.18 Å². The number of carbonyl (C=O) groups excluding carboxylic acids is 1. The average Bonchev–Trinajstić information content (AvgIpc) is 2.79. The number of amides is 1. The Morgan fingerprint density at radius 2 is 1.36 bits per heavy atom. The molecule has 0 unspecified atom stereocenters. The molecule has 3 rings (SSSR count). The third kappa shape index (κ3) is 7.07. The van der Waals surface area contributed by atoms with E-state index in [9.17, 15) is 39.6 Å². The lowest BCUT2D eigenvalue weighted by Gasteiger charge is -2.11. The first kappa shape index (κ1) is 26.7. The molecule has 13 heteroatoms. The summed E-state index contributed by atoms with van der Waals surface area (Å²) >= 11 is 0. The van der Waals surface area contributed by atoms with E-state index in [0.29, 0.717) is 17.7 Å². The fourth-order valence-corrected chi connectivity index (χ4v) is 3.80. The van der Waals surface area contributed by atoms with Crippen molar-refractivity contribution in [2.24, 2.45) is 5.10 Å². The van der Waals surface area contributed by atoms with Gasteiger partial charge in [0, 0.05) is 5.56 Å². The van der Waals surface area contributed by atoms with Gasteiger partial charge in [0.2, 0.25) is 5.91 Å². The van der Waals surface area contributed by atoms with Crippen LogP contribution in [0.15, 0.2) is 82.8 Å². The van der Waals surface area contributed by atoms with Crippen molar-refractivity contribution in [3.05, 3.63) is 95.1 Å². The van der Waals surface area contributed by atoms with E-state index in [2.05, 4.69) is 10.5 Å². The first-order valence-electron chi connectivity index (χ1n) is 9.94. The van der Waals surface area contributed by atoms with Gasteiger partial charge < -0.3 is 4.18 Å². The maximum atomic E-state index is 12.7. The molecular formula is C23H16F6N2O4S. The highest BCUT2D eigenvalue weighted by atomic mass is 32.2. The minimum atomic E-state index is -4.64. The minimum Gasteiger partial charge on any atom is -0.378 e. The first-order chi connectivity index (χ1) is 16.8. The predicted octanol–water partition coefficient (Wildman–Crippen LogP) is 5.18. The molecule has 36 heavy (non-hydrogen) atoms. The van der Waals surface area contributed by atoms with E-state index in [-0.39, 0.29) is 17.7 Å². The van der Waals surface area contributed by atoms with Gasteiger partial charge in [0.15, 0.2) is 5.75 Å². The Morgan fingerprint density at radius 3 is 1.92 bits per heavy atom. The van der Waals surface area contributed by atoms with Crippen molar-refractivity contribution < 1.29 is 43.7 Å². The smallest absolute Gasteiger partial charge is 0.378 e. The highest BCUT2D eigenvalue weighted by Crippen LogP contribution is 2.31. The van der Waals surface area contributed by atoms with E-state index in [1.807, 2.05) is 0 Å². The molecule has 0 bridgehead atoms. The van der Waals surface area contributed by atoms with Crippen LogP contribution < -0.4 is 9.61 Å². The van der Waals surface area contributed by atoms with Crippen LogP contribution in [0.4, 0.5) is 26.3 Å². The zero-order chi connectivity index (χ0) is 26.6. The second-order valence-corrected chi connectivity index (χ2v) is 8.81. The number of nitrogens with zero attached hydrogens (tertiary/aromatic N) is 1. The molecule has 3 aromatic rings. The minimum absolute atomic E-state index is 0.114. The molecule has 0 saturated carbocycles. The maximum absolute atomic E-state index is 12.7. The molecule has 0 spiro atoms. The lowest BCUT2D eigenvalue weighted by atomic mass is 10.1. The van der Waals surface area contributed by atoms with Crippen molar-refractivity contribution in [1.29, 1.82) is 0 Å². The van der Waals surface area contributed by atoms with Gasteiger partial charge in [-0.05, 0) is 54.1 Å². The summed E-state index contributed by atoms with van der Waals surface area (Å²) in [6.07, 6.45) is -8.33. The third-order valence-corrected chi connectivity index (χ3v) is 5.88. The van der Waals surface area contributed by atoms with Crippen LogP contribution >= 0.6 is 0 Å². The zero-order valence-electron chi connectivity index (χ0n) is 18.0. The fraction of sp³-hybridized carbons (Fsp3) is 0.130. The molecule has 0 atom stereocenters. The van der Waals surface area contributed by atoms with Crippen LogP contribution in [0.5, 0.6) is 5.75 Å². The van der Waals surface area contributed by atoms with E-state index in [1.165, 1.54) is 24.3 Å². The number of hydrogen-bond donors (Lipinski definition) is 1. The van der Waals surface area contributed by atoms with Gasteiger partial charge in [0.1, 0.15) is 4.90 Å². The lowest BCUT2D eigenvalue weighted by molar-refractivity contribution is -0.138. The van der Waals surface area contributed by atoms with Gasteiger partial charge >= 0.3 is 22.5 Å². The zero-order valence-corrected chi connectivity index (χ0v) is 18.8. The number of alkyl halides is 6. The Balaban J connectivity index is 1.66. The van der Waals surface area contributed by atoms with Crippen LogP contribution in [-0.4, -0.2) is 20.5 Å². The maximum Gasteiger partial charge on any atom is 0.416 e. The Labute approximate surface area is 201 Å². The second kappa shape index (κ2) is 10.4. The summed E-state index contributed by atoms with van der Waals surface area (Å²) in [6.45, 7) is 0. The Morgan fingerprint density at radius 1 is 0.833 bits per heavy atom. The molecule has 0 aliphatic rings. The number of para-hydroxylation sites is 1. The van der Waals surface area contributed by atoms with Crippen LogP contribution in [0.2, 0.25) is 0 Å².